The summed E-state index contributed by atoms with van der Waals surface area (Å²) >= 11 is 0. The van der Waals surface area contributed by atoms with Crippen molar-refractivity contribution in [3.8, 4) is 22.6 Å². The molecule has 0 atom stereocenters. The van der Waals surface area contributed by atoms with Gasteiger partial charge in [-0.3, -0.25) is 0 Å². The quantitative estimate of drug-likeness (QED) is 0.656. The van der Waals surface area contributed by atoms with Crippen molar-refractivity contribution in [2.24, 2.45) is 0 Å². The van der Waals surface area contributed by atoms with Crippen molar-refractivity contribution in [3.05, 3.63) is 70.9 Å². The minimum Gasteiger partial charge on any atom is -0.233 e. The van der Waals surface area contributed by atoms with E-state index in [9.17, 15) is 0 Å². The molecular formula is C21H22N2. The summed E-state index contributed by atoms with van der Waals surface area (Å²) < 4.78 is 0. The largest absolute Gasteiger partial charge is 0.233 e. The van der Waals surface area contributed by atoms with Gasteiger partial charge in [-0.15, -0.1) is 0 Å². The Labute approximate surface area is 138 Å². The van der Waals surface area contributed by atoms with Crippen molar-refractivity contribution < 1.29 is 0 Å². The summed E-state index contributed by atoms with van der Waals surface area (Å²) in [4.78, 5) is 9.63. The topological polar surface area (TPSA) is 25.8 Å². The highest BCUT2D eigenvalue weighted by Crippen LogP contribution is 2.27. The Morgan fingerprint density at radius 1 is 0.696 bits per heavy atom. The number of aryl methyl sites for hydroxylation is 3. The second-order valence-corrected chi connectivity index (χ2v) is 6.05. The number of benzene rings is 2. The van der Waals surface area contributed by atoms with Crippen LogP contribution < -0.4 is 0 Å². The van der Waals surface area contributed by atoms with Gasteiger partial charge in [-0.2, -0.15) is 0 Å². The van der Waals surface area contributed by atoms with Crippen LogP contribution >= 0.6 is 0 Å². The Morgan fingerprint density at radius 2 is 1.22 bits per heavy atom. The summed E-state index contributed by atoms with van der Waals surface area (Å²) in [5.41, 5.74) is 8.07. The minimum atomic E-state index is 0.801. The zero-order valence-corrected chi connectivity index (χ0v) is 14.2. The zero-order chi connectivity index (χ0) is 16.4. The van der Waals surface area contributed by atoms with Crippen LogP contribution in [0.3, 0.4) is 0 Å². The molecule has 116 valence electrons. The third-order valence-electron chi connectivity index (χ3n) is 4.20. The van der Waals surface area contributed by atoms with Gasteiger partial charge in [-0.1, -0.05) is 66.6 Å². The molecule has 0 aliphatic heterocycles. The Hall–Kier alpha value is -2.48. The summed E-state index contributed by atoms with van der Waals surface area (Å²) in [6.45, 7) is 8.44. The van der Waals surface area contributed by atoms with E-state index in [0.717, 1.165) is 34.8 Å². The molecule has 0 N–H and O–H groups in total. The van der Waals surface area contributed by atoms with E-state index in [0.29, 0.717) is 0 Å². The van der Waals surface area contributed by atoms with Crippen molar-refractivity contribution in [3.63, 3.8) is 0 Å². The van der Waals surface area contributed by atoms with Crippen molar-refractivity contribution in [1.82, 2.24) is 9.97 Å². The second-order valence-electron chi connectivity index (χ2n) is 6.05. The van der Waals surface area contributed by atoms with E-state index in [1.807, 2.05) is 0 Å². The molecule has 3 rings (SSSR count). The predicted octanol–water partition coefficient (Wildman–Crippen LogP) is 5.30. The Bertz CT molecular complexity index is 816. The first-order valence-electron chi connectivity index (χ1n) is 8.10. The predicted molar refractivity (Wildman–Crippen MR) is 96.5 cm³/mol. The first-order chi connectivity index (χ1) is 11.1. The lowest BCUT2D eigenvalue weighted by molar-refractivity contribution is 1.01. The average molecular weight is 302 g/mol. The maximum Gasteiger partial charge on any atom is 0.160 e. The fourth-order valence-corrected chi connectivity index (χ4v) is 2.80. The normalized spacial score (nSPS) is 10.8. The highest BCUT2D eigenvalue weighted by atomic mass is 14.9. The molecule has 0 fully saturated rings. The lowest BCUT2D eigenvalue weighted by Gasteiger charge is -2.13. The molecule has 2 nitrogen and oxygen atoms in total. The van der Waals surface area contributed by atoms with E-state index in [4.69, 9.17) is 9.97 Å². The van der Waals surface area contributed by atoms with Gasteiger partial charge in [-0.05, 0) is 32.8 Å². The fraction of sp³-hybridized carbons (Fsp3) is 0.238. The number of aromatic nitrogens is 2. The Morgan fingerprint density at radius 3 is 1.74 bits per heavy atom. The van der Waals surface area contributed by atoms with Gasteiger partial charge in [0.2, 0.25) is 0 Å². The third kappa shape index (κ3) is 3.16. The Balaban J connectivity index is 2.17. The summed E-state index contributed by atoms with van der Waals surface area (Å²) in [5, 5.41) is 0. The summed E-state index contributed by atoms with van der Waals surface area (Å²) in [5.74, 6) is 0.801. The second kappa shape index (κ2) is 6.33. The number of hydrogen-bond acceptors (Lipinski definition) is 2. The lowest BCUT2D eigenvalue weighted by Crippen LogP contribution is -2.02. The molecule has 0 bridgehead atoms. The van der Waals surface area contributed by atoms with Crippen molar-refractivity contribution in [2.45, 2.75) is 34.1 Å². The van der Waals surface area contributed by atoms with Crippen LogP contribution in [0.25, 0.3) is 22.6 Å². The molecule has 3 aromatic rings. The van der Waals surface area contributed by atoms with E-state index >= 15 is 0 Å². The smallest absolute Gasteiger partial charge is 0.160 e. The van der Waals surface area contributed by atoms with Crippen molar-refractivity contribution >= 4 is 0 Å². The van der Waals surface area contributed by atoms with Gasteiger partial charge in [0.05, 0.1) is 5.69 Å². The zero-order valence-electron chi connectivity index (χ0n) is 14.2. The van der Waals surface area contributed by atoms with Crippen LogP contribution in [0, 0.1) is 20.8 Å². The van der Waals surface area contributed by atoms with E-state index < -0.39 is 0 Å². The first-order valence-corrected chi connectivity index (χ1v) is 8.10. The van der Waals surface area contributed by atoms with Crippen LogP contribution in [0.2, 0.25) is 0 Å². The van der Waals surface area contributed by atoms with Crippen molar-refractivity contribution in [2.75, 3.05) is 0 Å². The molecule has 1 aromatic heterocycles. The molecule has 0 saturated heterocycles. The number of hydrogen-bond donors (Lipinski definition) is 0. The number of nitrogens with zero attached hydrogens (tertiary/aromatic N) is 2. The molecule has 0 spiro atoms. The van der Waals surface area contributed by atoms with Crippen LogP contribution in [-0.4, -0.2) is 9.97 Å². The minimum absolute atomic E-state index is 0.801. The van der Waals surface area contributed by atoms with E-state index in [1.54, 1.807) is 0 Å². The van der Waals surface area contributed by atoms with Gasteiger partial charge in [0.15, 0.2) is 5.82 Å². The maximum atomic E-state index is 4.89. The third-order valence-corrected chi connectivity index (χ3v) is 4.20. The highest BCUT2D eigenvalue weighted by Gasteiger charge is 2.13. The van der Waals surface area contributed by atoms with Crippen LogP contribution in [0.4, 0.5) is 0 Å². The Kier molecular flexibility index (Phi) is 4.24. The van der Waals surface area contributed by atoms with Crippen LogP contribution in [0.5, 0.6) is 0 Å². The molecule has 0 unspecified atom stereocenters. The fourth-order valence-electron chi connectivity index (χ4n) is 2.80. The van der Waals surface area contributed by atoms with Crippen LogP contribution in [0.1, 0.15) is 29.3 Å². The molecule has 23 heavy (non-hydrogen) atoms. The maximum absolute atomic E-state index is 4.89. The highest BCUT2D eigenvalue weighted by molar-refractivity contribution is 5.68. The molecular weight excluding hydrogens is 280 g/mol. The van der Waals surface area contributed by atoms with Gasteiger partial charge >= 0.3 is 0 Å². The molecule has 0 aliphatic carbocycles. The lowest BCUT2D eigenvalue weighted by atomic mass is 10.0. The van der Waals surface area contributed by atoms with Gasteiger partial charge in [-0.25, -0.2) is 9.97 Å². The molecule has 1 heterocycles. The monoisotopic (exact) mass is 302 g/mol. The van der Waals surface area contributed by atoms with Crippen LogP contribution in [0.15, 0.2) is 48.5 Å². The van der Waals surface area contributed by atoms with E-state index in [2.05, 4.69) is 76.2 Å². The van der Waals surface area contributed by atoms with E-state index in [-0.39, 0.29) is 0 Å². The SMILES string of the molecule is CCc1c(C)nc(-c2ccc(C)cc2)nc1-c1ccc(C)cc1. The standard InChI is InChI=1S/C21H22N2/c1-5-19-16(4)22-21(18-12-8-15(3)9-13-18)23-20(19)17-10-6-14(2)7-11-17/h6-13H,5H2,1-4H3. The first kappa shape index (κ1) is 15.4. The molecule has 2 heteroatoms. The van der Waals surface area contributed by atoms with Gasteiger partial charge in [0, 0.05) is 16.8 Å². The molecule has 0 aliphatic rings. The molecule has 0 saturated carbocycles. The van der Waals surface area contributed by atoms with E-state index in [1.165, 1.54) is 16.7 Å². The average Bonchev–Trinajstić information content (AvgIpc) is 2.55. The molecule has 2 aromatic carbocycles. The molecule has 0 amide bonds. The summed E-state index contributed by atoms with van der Waals surface area (Å²) in [6, 6.07) is 17.0. The molecule has 0 radical (unpaired) electrons. The summed E-state index contributed by atoms with van der Waals surface area (Å²) in [7, 11) is 0. The van der Waals surface area contributed by atoms with Gasteiger partial charge < -0.3 is 0 Å². The summed E-state index contributed by atoms with van der Waals surface area (Å²) in [6.07, 6.45) is 0.934. The number of rotatable bonds is 3. The van der Waals surface area contributed by atoms with Gasteiger partial charge in [0.25, 0.3) is 0 Å². The van der Waals surface area contributed by atoms with Gasteiger partial charge in [0.1, 0.15) is 0 Å². The van der Waals surface area contributed by atoms with Crippen LogP contribution in [-0.2, 0) is 6.42 Å². The van der Waals surface area contributed by atoms with Crippen molar-refractivity contribution in [1.29, 1.82) is 0 Å².